The monoisotopic (exact) mass is 343 g/mol. The summed E-state index contributed by atoms with van der Waals surface area (Å²) in [5.41, 5.74) is 0.582. The predicted octanol–water partition coefficient (Wildman–Crippen LogP) is 2.53. The second kappa shape index (κ2) is 7.81. The number of anilines is 1. The summed E-state index contributed by atoms with van der Waals surface area (Å²) < 4.78 is 0. The molecule has 2 N–H and O–H groups in total. The van der Waals surface area contributed by atoms with Gasteiger partial charge in [-0.1, -0.05) is 23.2 Å². The van der Waals surface area contributed by atoms with Gasteiger partial charge < -0.3 is 10.6 Å². The molecule has 0 aromatic heterocycles. The second-order valence-corrected chi connectivity index (χ2v) is 6.21. The van der Waals surface area contributed by atoms with Crippen LogP contribution in [0.3, 0.4) is 0 Å². The molecule has 0 radical (unpaired) electrons. The van der Waals surface area contributed by atoms with E-state index < -0.39 is 0 Å². The number of nitrogens with zero attached hydrogens (tertiary/aromatic N) is 1. The average molecular weight is 344 g/mol. The van der Waals surface area contributed by atoms with Crippen molar-refractivity contribution in [2.75, 3.05) is 25.5 Å². The molecule has 2 rings (SSSR count). The van der Waals surface area contributed by atoms with Gasteiger partial charge in [0.05, 0.1) is 22.6 Å². The van der Waals surface area contributed by atoms with Crippen LogP contribution in [0.25, 0.3) is 0 Å². The lowest BCUT2D eigenvalue weighted by Crippen LogP contribution is -2.46. The molecule has 1 fully saturated rings. The Kier molecular flexibility index (Phi) is 6.06. The standard InChI is InChI=1S/C15H19Cl2N3O2/c1-20(13-4-2-3-7-18-15(13)22)9-14(21)19-10-5-6-11(16)12(17)8-10/h5-6,8,13H,2-4,7,9H2,1H3,(H,18,22)(H,19,21)/t13-/m0/s1. The van der Waals surface area contributed by atoms with E-state index in [0.717, 1.165) is 19.3 Å². The van der Waals surface area contributed by atoms with Crippen molar-refractivity contribution in [1.29, 1.82) is 0 Å². The van der Waals surface area contributed by atoms with Gasteiger partial charge in [-0.2, -0.15) is 0 Å². The number of likely N-dealkylation sites (N-methyl/N-ethyl adjacent to an activating group) is 1. The highest BCUT2D eigenvalue weighted by atomic mass is 35.5. The average Bonchev–Trinajstić information content (AvgIpc) is 2.67. The number of hydrogen-bond donors (Lipinski definition) is 2. The molecular formula is C15H19Cl2N3O2. The van der Waals surface area contributed by atoms with Gasteiger partial charge in [-0.3, -0.25) is 14.5 Å². The Balaban J connectivity index is 1.92. The minimum absolute atomic E-state index is 0.0117. The lowest BCUT2D eigenvalue weighted by molar-refractivity contribution is -0.126. The Morgan fingerprint density at radius 2 is 2.14 bits per heavy atom. The largest absolute Gasteiger partial charge is 0.355 e. The fraction of sp³-hybridized carbons (Fsp3) is 0.467. The van der Waals surface area contributed by atoms with E-state index in [2.05, 4.69) is 10.6 Å². The van der Waals surface area contributed by atoms with Gasteiger partial charge in [0.1, 0.15) is 0 Å². The van der Waals surface area contributed by atoms with E-state index in [1.54, 1.807) is 30.1 Å². The highest BCUT2D eigenvalue weighted by Crippen LogP contribution is 2.25. The Bertz CT molecular complexity index is 566. The molecule has 22 heavy (non-hydrogen) atoms. The Morgan fingerprint density at radius 3 is 2.86 bits per heavy atom. The van der Waals surface area contributed by atoms with Crippen molar-refractivity contribution in [3.8, 4) is 0 Å². The zero-order chi connectivity index (χ0) is 16.1. The summed E-state index contributed by atoms with van der Waals surface area (Å²) in [6.45, 7) is 0.844. The van der Waals surface area contributed by atoms with Crippen molar-refractivity contribution in [3.63, 3.8) is 0 Å². The molecule has 2 amide bonds. The molecule has 1 aliphatic heterocycles. The van der Waals surface area contributed by atoms with E-state index in [1.807, 2.05) is 0 Å². The molecule has 0 aliphatic carbocycles. The fourth-order valence-corrected chi connectivity index (χ4v) is 2.75. The van der Waals surface area contributed by atoms with E-state index in [0.29, 0.717) is 22.3 Å². The van der Waals surface area contributed by atoms with Crippen LogP contribution < -0.4 is 10.6 Å². The Morgan fingerprint density at radius 1 is 1.36 bits per heavy atom. The van der Waals surface area contributed by atoms with Gasteiger partial charge in [-0.15, -0.1) is 0 Å². The SMILES string of the molecule is CN(CC(=O)Nc1ccc(Cl)c(Cl)c1)[C@H]1CCCCNC1=O. The van der Waals surface area contributed by atoms with Crippen molar-refractivity contribution >= 4 is 40.7 Å². The maximum absolute atomic E-state index is 12.1. The van der Waals surface area contributed by atoms with Crippen LogP contribution >= 0.6 is 23.2 Å². The molecule has 1 aliphatic rings. The zero-order valence-corrected chi connectivity index (χ0v) is 13.9. The first-order valence-corrected chi connectivity index (χ1v) is 7.96. The van der Waals surface area contributed by atoms with Crippen LogP contribution in [0, 0.1) is 0 Å². The summed E-state index contributed by atoms with van der Waals surface area (Å²) in [4.78, 5) is 25.8. The first-order chi connectivity index (χ1) is 10.5. The van der Waals surface area contributed by atoms with E-state index in [9.17, 15) is 9.59 Å². The third-order valence-corrected chi connectivity index (χ3v) is 4.37. The fourth-order valence-electron chi connectivity index (χ4n) is 2.45. The summed E-state index contributed by atoms with van der Waals surface area (Å²) >= 11 is 11.8. The van der Waals surface area contributed by atoms with Crippen LogP contribution in [0.1, 0.15) is 19.3 Å². The second-order valence-electron chi connectivity index (χ2n) is 5.39. The molecule has 5 nitrogen and oxygen atoms in total. The smallest absolute Gasteiger partial charge is 0.238 e. The van der Waals surface area contributed by atoms with Crippen LogP contribution in [0.2, 0.25) is 10.0 Å². The minimum Gasteiger partial charge on any atom is -0.355 e. The molecular weight excluding hydrogens is 325 g/mol. The molecule has 0 spiro atoms. The van der Waals surface area contributed by atoms with Crippen molar-refractivity contribution in [3.05, 3.63) is 28.2 Å². The van der Waals surface area contributed by atoms with Gasteiger partial charge in [0.15, 0.2) is 0 Å². The number of carbonyl (C=O) groups is 2. The summed E-state index contributed by atoms with van der Waals surface area (Å²) in [6, 6.07) is 4.65. The van der Waals surface area contributed by atoms with Gasteiger partial charge >= 0.3 is 0 Å². The summed E-state index contributed by atoms with van der Waals surface area (Å²) in [5.74, 6) is -0.208. The summed E-state index contributed by atoms with van der Waals surface area (Å²) in [5, 5.41) is 6.44. The summed E-state index contributed by atoms with van der Waals surface area (Å²) in [7, 11) is 1.78. The Labute approximate surface area is 139 Å². The van der Waals surface area contributed by atoms with Crippen LogP contribution in [-0.4, -0.2) is 42.9 Å². The van der Waals surface area contributed by atoms with Crippen molar-refractivity contribution in [2.45, 2.75) is 25.3 Å². The number of rotatable bonds is 4. The quantitative estimate of drug-likeness (QED) is 0.882. The van der Waals surface area contributed by atoms with Gasteiger partial charge in [0.2, 0.25) is 11.8 Å². The van der Waals surface area contributed by atoms with Gasteiger partial charge in [0, 0.05) is 12.2 Å². The minimum atomic E-state index is -0.262. The number of amides is 2. The molecule has 0 bridgehead atoms. The molecule has 1 aromatic rings. The number of nitrogens with one attached hydrogen (secondary N) is 2. The zero-order valence-electron chi connectivity index (χ0n) is 12.4. The van der Waals surface area contributed by atoms with Gasteiger partial charge in [-0.05, 0) is 44.5 Å². The van der Waals surface area contributed by atoms with E-state index in [1.165, 1.54) is 0 Å². The third-order valence-electron chi connectivity index (χ3n) is 3.63. The molecule has 1 saturated heterocycles. The molecule has 1 heterocycles. The number of hydrogen-bond acceptors (Lipinski definition) is 3. The molecule has 120 valence electrons. The number of carbonyl (C=O) groups excluding carboxylic acids is 2. The molecule has 1 aromatic carbocycles. The lowest BCUT2D eigenvalue weighted by Gasteiger charge is -2.24. The van der Waals surface area contributed by atoms with Crippen LogP contribution in [0.4, 0.5) is 5.69 Å². The first-order valence-electron chi connectivity index (χ1n) is 7.20. The van der Waals surface area contributed by atoms with Crippen molar-refractivity contribution in [2.24, 2.45) is 0 Å². The van der Waals surface area contributed by atoms with Crippen molar-refractivity contribution in [1.82, 2.24) is 10.2 Å². The molecule has 1 atom stereocenters. The molecule has 0 unspecified atom stereocenters. The number of benzene rings is 1. The Hall–Kier alpha value is -1.30. The van der Waals surface area contributed by atoms with Crippen LogP contribution in [-0.2, 0) is 9.59 Å². The van der Waals surface area contributed by atoms with Crippen LogP contribution in [0.15, 0.2) is 18.2 Å². The van der Waals surface area contributed by atoms with Gasteiger partial charge in [0.25, 0.3) is 0 Å². The predicted molar refractivity (Wildman–Crippen MR) is 88.4 cm³/mol. The van der Waals surface area contributed by atoms with Crippen molar-refractivity contribution < 1.29 is 9.59 Å². The maximum Gasteiger partial charge on any atom is 0.238 e. The van der Waals surface area contributed by atoms with Crippen LogP contribution in [0.5, 0.6) is 0 Å². The first kappa shape index (κ1) is 17.1. The highest BCUT2D eigenvalue weighted by molar-refractivity contribution is 6.42. The maximum atomic E-state index is 12.1. The molecule has 7 heteroatoms. The molecule has 0 saturated carbocycles. The van der Waals surface area contributed by atoms with E-state index in [-0.39, 0.29) is 24.4 Å². The highest BCUT2D eigenvalue weighted by Gasteiger charge is 2.25. The normalized spacial score (nSPS) is 18.7. The van der Waals surface area contributed by atoms with Gasteiger partial charge in [-0.25, -0.2) is 0 Å². The van der Waals surface area contributed by atoms with E-state index >= 15 is 0 Å². The van der Waals surface area contributed by atoms with E-state index in [4.69, 9.17) is 23.2 Å². The third kappa shape index (κ3) is 4.60. The number of halogens is 2. The lowest BCUT2D eigenvalue weighted by atomic mass is 10.1. The topological polar surface area (TPSA) is 61.4 Å². The summed E-state index contributed by atoms with van der Waals surface area (Å²) in [6.07, 6.45) is 2.72.